The van der Waals surface area contributed by atoms with Crippen LogP contribution in [0.4, 0.5) is 10.1 Å². The van der Waals surface area contributed by atoms with Gasteiger partial charge >= 0.3 is 0 Å². The highest BCUT2D eigenvalue weighted by molar-refractivity contribution is 5.54. The molecule has 0 bridgehead atoms. The van der Waals surface area contributed by atoms with Crippen LogP contribution >= 0.6 is 0 Å². The van der Waals surface area contributed by atoms with Crippen LogP contribution in [0.5, 0.6) is 0 Å². The normalized spacial score (nSPS) is 15.8. The van der Waals surface area contributed by atoms with E-state index in [1.54, 1.807) is 12.1 Å². The fourth-order valence-corrected chi connectivity index (χ4v) is 3.22. The van der Waals surface area contributed by atoms with Crippen LogP contribution in [0.3, 0.4) is 0 Å². The van der Waals surface area contributed by atoms with Gasteiger partial charge in [-0.3, -0.25) is 0 Å². The van der Waals surface area contributed by atoms with E-state index in [2.05, 4.69) is 24.1 Å². The average Bonchev–Trinajstić information content (AvgIpc) is 2.96. The van der Waals surface area contributed by atoms with Crippen molar-refractivity contribution in [2.75, 3.05) is 18.0 Å². The summed E-state index contributed by atoms with van der Waals surface area (Å²) in [6, 6.07) is 5.88. The zero-order chi connectivity index (χ0) is 14.4. The summed E-state index contributed by atoms with van der Waals surface area (Å²) in [6.07, 6.45) is 6.29. The van der Waals surface area contributed by atoms with Gasteiger partial charge < -0.3 is 10.2 Å². The zero-order valence-electron chi connectivity index (χ0n) is 12.8. The Labute approximate surface area is 122 Å². The third-order valence-electron chi connectivity index (χ3n) is 4.20. The fourth-order valence-electron chi connectivity index (χ4n) is 3.22. The second-order valence-electron chi connectivity index (χ2n) is 5.67. The number of rotatable bonds is 7. The number of hydrogen-bond donors (Lipinski definition) is 1. The molecule has 2 nitrogen and oxygen atoms in total. The molecule has 0 atom stereocenters. The topological polar surface area (TPSA) is 15.3 Å². The Kier molecular flexibility index (Phi) is 5.84. The molecular weight excluding hydrogens is 251 g/mol. The Morgan fingerprint density at radius 3 is 2.65 bits per heavy atom. The van der Waals surface area contributed by atoms with Gasteiger partial charge in [0.25, 0.3) is 0 Å². The fraction of sp³-hybridized carbons (Fsp3) is 0.647. The van der Waals surface area contributed by atoms with Gasteiger partial charge in [0.05, 0.1) is 0 Å². The second kappa shape index (κ2) is 7.63. The largest absolute Gasteiger partial charge is 0.369 e. The van der Waals surface area contributed by atoms with E-state index in [0.717, 1.165) is 31.6 Å². The van der Waals surface area contributed by atoms with Crippen molar-refractivity contribution >= 4 is 5.69 Å². The highest BCUT2D eigenvalue weighted by atomic mass is 19.1. The monoisotopic (exact) mass is 278 g/mol. The third-order valence-corrected chi connectivity index (χ3v) is 4.20. The van der Waals surface area contributed by atoms with Crippen LogP contribution in [0.2, 0.25) is 0 Å². The van der Waals surface area contributed by atoms with Crippen molar-refractivity contribution in [2.45, 2.75) is 58.5 Å². The zero-order valence-corrected chi connectivity index (χ0v) is 12.8. The van der Waals surface area contributed by atoms with E-state index in [9.17, 15) is 4.39 Å². The van der Waals surface area contributed by atoms with Crippen molar-refractivity contribution in [3.8, 4) is 0 Å². The molecule has 1 aliphatic carbocycles. The van der Waals surface area contributed by atoms with Gasteiger partial charge in [0, 0.05) is 24.8 Å². The van der Waals surface area contributed by atoms with Gasteiger partial charge in [-0.05, 0) is 56.5 Å². The molecule has 2 rings (SSSR count). The van der Waals surface area contributed by atoms with E-state index < -0.39 is 0 Å². The van der Waals surface area contributed by atoms with Gasteiger partial charge in [-0.2, -0.15) is 0 Å². The number of nitrogens with zero attached hydrogens (tertiary/aromatic N) is 1. The molecule has 1 N–H and O–H groups in total. The van der Waals surface area contributed by atoms with Crippen molar-refractivity contribution in [2.24, 2.45) is 0 Å². The summed E-state index contributed by atoms with van der Waals surface area (Å²) in [6.45, 7) is 7.08. The van der Waals surface area contributed by atoms with Crippen molar-refractivity contribution in [3.05, 3.63) is 29.6 Å². The Morgan fingerprint density at radius 2 is 2.00 bits per heavy atom. The molecule has 20 heavy (non-hydrogen) atoms. The van der Waals surface area contributed by atoms with Crippen molar-refractivity contribution in [1.29, 1.82) is 0 Å². The van der Waals surface area contributed by atoms with E-state index in [0.29, 0.717) is 6.04 Å². The second-order valence-corrected chi connectivity index (χ2v) is 5.67. The molecular formula is C17H27FN2. The summed E-state index contributed by atoms with van der Waals surface area (Å²) >= 11 is 0. The molecule has 1 saturated carbocycles. The van der Waals surface area contributed by atoms with Gasteiger partial charge in [-0.15, -0.1) is 0 Å². The van der Waals surface area contributed by atoms with Crippen LogP contribution in [0, 0.1) is 5.82 Å². The standard InChI is InChI=1S/C17H27FN2/c1-3-11-19-13-14-12-15(18)9-10-17(14)20(4-2)16-7-5-6-8-16/h9-10,12,16,19H,3-8,11,13H2,1-2H3. The van der Waals surface area contributed by atoms with E-state index in [1.165, 1.54) is 31.4 Å². The average molecular weight is 278 g/mol. The molecule has 1 aromatic rings. The minimum Gasteiger partial charge on any atom is -0.369 e. The highest BCUT2D eigenvalue weighted by Gasteiger charge is 2.23. The molecule has 1 aromatic carbocycles. The summed E-state index contributed by atoms with van der Waals surface area (Å²) in [5.41, 5.74) is 2.30. The predicted molar refractivity (Wildman–Crippen MR) is 83.7 cm³/mol. The first kappa shape index (κ1) is 15.3. The molecule has 0 aromatic heterocycles. The molecule has 0 unspecified atom stereocenters. The van der Waals surface area contributed by atoms with Crippen molar-refractivity contribution in [1.82, 2.24) is 5.32 Å². The maximum Gasteiger partial charge on any atom is 0.123 e. The molecule has 0 saturated heterocycles. The Balaban J connectivity index is 2.18. The number of halogens is 1. The summed E-state index contributed by atoms with van der Waals surface area (Å²) in [7, 11) is 0. The van der Waals surface area contributed by atoms with E-state index >= 15 is 0 Å². The lowest BCUT2D eigenvalue weighted by molar-refractivity contribution is 0.600. The lowest BCUT2D eigenvalue weighted by atomic mass is 10.1. The summed E-state index contributed by atoms with van der Waals surface area (Å²) < 4.78 is 13.6. The Bertz CT molecular complexity index is 413. The summed E-state index contributed by atoms with van der Waals surface area (Å²) in [5.74, 6) is -0.135. The van der Waals surface area contributed by atoms with Crippen LogP contribution < -0.4 is 10.2 Å². The maximum absolute atomic E-state index is 13.6. The molecule has 0 heterocycles. The van der Waals surface area contributed by atoms with E-state index in [-0.39, 0.29) is 5.82 Å². The molecule has 0 aliphatic heterocycles. The SMILES string of the molecule is CCCNCc1cc(F)ccc1N(CC)C1CCCC1. The van der Waals surface area contributed by atoms with Gasteiger partial charge in [-0.25, -0.2) is 4.39 Å². The first-order valence-corrected chi connectivity index (χ1v) is 8.02. The molecule has 1 aliphatic rings. The molecule has 0 spiro atoms. The first-order valence-electron chi connectivity index (χ1n) is 8.02. The van der Waals surface area contributed by atoms with Gasteiger partial charge in [0.15, 0.2) is 0 Å². The number of benzene rings is 1. The number of anilines is 1. The minimum atomic E-state index is -0.135. The van der Waals surface area contributed by atoms with Crippen LogP contribution in [0.1, 0.15) is 51.5 Å². The minimum absolute atomic E-state index is 0.135. The third kappa shape index (κ3) is 3.72. The van der Waals surface area contributed by atoms with Gasteiger partial charge in [0.2, 0.25) is 0 Å². The highest BCUT2D eigenvalue weighted by Crippen LogP contribution is 2.30. The predicted octanol–water partition coefficient (Wildman–Crippen LogP) is 4.09. The summed E-state index contributed by atoms with van der Waals surface area (Å²) in [5, 5.41) is 3.40. The summed E-state index contributed by atoms with van der Waals surface area (Å²) in [4.78, 5) is 2.47. The van der Waals surface area contributed by atoms with E-state index in [1.807, 2.05) is 6.07 Å². The molecule has 112 valence electrons. The van der Waals surface area contributed by atoms with Gasteiger partial charge in [-0.1, -0.05) is 19.8 Å². The molecule has 0 amide bonds. The Morgan fingerprint density at radius 1 is 1.25 bits per heavy atom. The van der Waals surface area contributed by atoms with Crippen LogP contribution in [-0.2, 0) is 6.54 Å². The number of hydrogen-bond acceptors (Lipinski definition) is 2. The smallest absolute Gasteiger partial charge is 0.123 e. The van der Waals surface area contributed by atoms with Crippen molar-refractivity contribution in [3.63, 3.8) is 0 Å². The lowest BCUT2D eigenvalue weighted by Gasteiger charge is -2.32. The quantitative estimate of drug-likeness (QED) is 0.756. The van der Waals surface area contributed by atoms with E-state index in [4.69, 9.17) is 0 Å². The number of nitrogens with one attached hydrogen (secondary N) is 1. The molecule has 1 fully saturated rings. The maximum atomic E-state index is 13.6. The van der Waals surface area contributed by atoms with Crippen LogP contribution in [-0.4, -0.2) is 19.1 Å². The lowest BCUT2D eigenvalue weighted by Crippen LogP contribution is -2.34. The Hall–Kier alpha value is -1.09. The van der Waals surface area contributed by atoms with Gasteiger partial charge in [0.1, 0.15) is 5.82 Å². The van der Waals surface area contributed by atoms with Crippen LogP contribution in [0.25, 0.3) is 0 Å². The first-order chi connectivity index (χ1) is 9.76. The van der Waals surface area contributed by atoms with Crippen LogP contribution in [0.15, 0.2) is 18.2 Å². The molecule has 0 radical (unpaired) electrons. The molecule has 3 heteroatoms. The van der Waals surface area contributed by atoms with Crippen molar-refractivity contribution < 1.29 is 4.39 Å².